The average Bonchev–Trinajstić information content (AvgIpc) is 2.28. The molecular weight excluding hydrogens is 279 g/mol. The molecule has 0 amide bonds. The molecule has 0 heterocycles. The van der Waals surface area contributed by atoms with Crippen molar-refractivity contribution < 1.29 is 0 Å². The first-order valence-electron chi connectivity index (χ1n) is 6.48. The van der Waals surface area contributed by atoms with E-state index in [-0.39, 0.29) is 17.8 Å². The standard InChI is InChI=1S/C15H25ClN2.ClH/c1-12(13-6-5-7-14(16)8-13)9-18(4)11-15(2,3)10-17;/h5-8,12H,9-11,17H2,1-4H3;1H. The highest BCUT2D eigenvalue weighted by atomic mass is 35.5. The topological polar surface area (TPSA) is 29.3 Å². The monoisotopic (exact) mass is 304 g/mol. The first-order chi connectivity index (χ1) is 8.34. The van der Waals surface area contributed by atoms with Crippen LogP contribution in [0.2, 0.25) is 5.02 Å². The zero-order valence-corrected chi connectivity index (χ0v) is 13.9. The number of nitrogens with two attached hydrogens (primary N) is 1. The van der Waals surface area contributed by atoms with Gasteiger partial charge in [0.2, 0.25) is 0 Å². The van der Waals surface area contributed by atoms with Gasteiger partial charge in [-0.05, 0) is 42.6 Å². The molecule has 19 heavy (non-hydrogen) atoms. The number of hydrogen-bond acceptors (Lipinski definition) is 2. The van der Waals surface area contributed by atoms with E-state index in [1.807, 2.05) is 18.2 Å². The third-order valence-corrected chi connectivity index (χ3v) is 3.49. The van der Waals surface area contributed by atoms with E-state index >= 15 is 0 Å². The first-order valence-corrected chi connectivity index (χ1v) is 6.86. The lowest BCUT2D eigenvalue weighted by atomic mass is 9.92. The van der Waals surface area contributed by atoms with Gasteiger partial charge in [0.05, 0.1) is 0 Å². The van der Waals surface area contributed by atoms with E-state index in [1.54, 1.807) is 0 Å². The summed E-state index contributed by atoms with van der Waals surface area (Å²) < 4.78 is 0. The summed E-state index contributed by atoms with van der Waals surface area (Å²) in [5.41, 5.74) is 7.23. The van der Waals surface area contributed by atoms with Crippen LogP contribution in [-0.4, -0.2) is 31.6 Å². The van der Waals surface area contributed by atoms with Gasteiger partial charge in [0.1, 0.15) is 0 Å². The van der Waals surface area contributed by atoms with Crippen LogP contribution in [0.25, 0.3) is 0 Å². The summed E-state index contributed by atoms with van der Waals surface area (Å²) in [5, 5.41) is 0.810. The van der Waals surface area contributed by atoms with E-state index in [2.05, 4.69) is 38.8 Å². The lowest BCUT2D eigenvalue weighted by Gasteiger charge is -2.30. The highest BCUT2D eigenvalue weighted by Gasteiger charge is 2.19. The van der Waals surface area contributed by atoms with Crippen LogP contribution < -0.4 is 5.73 Å². The second-order valence-electron chi connectivity index (χ2n) is 6.02. The molecule has 0 bridgehead atoms. The van der Waals surface area contributed by atoms with Crippen LogP contribution in [0.3, 0.4) is 0 Å². The van der Waals surface area contributed by atoms with Crippen molar-refractivity contribution in [3.05, 3.63) is 34.9 Å². The van der Waals surface area contributed by atoms with Crippen LogP contribution in [-0.2, 0) is 0 Å². The Morgan fingerprint density at radius 1 is 1.37 bits per heavy atom. The van der Waals surface area contributed by atoms with Crippen molar-refractivity contribution in [1.29, 1.82) is 0 Å². The predicted octanol–water partition coefficient (Wildman–Crippen LogP) is 3.78. The number of nitrogens with zero attached hydrogens (tertiary/aromatic N) is 1. The third-order valence-electron chi connectivity index (χ3n) is 3.25. The molecule has 0 fully saturated rings. The summed E-state index contributed by atoms with van der Waals surface area (Å²) in [5.74, 6) is 0.474. The Morgan fingerprint density at radius 2 is 2.00 bits per heavy atom. The normalized spacial score (nSPS) is 13.2. The lowest BCUT2D eigenvalue weighted by Crippen LogP contribution is -2.38. The fourth-order valence-corrected chi connectivity index (χ4v) is 2.44. The van der Waals surface area contributed by atoms with Gasteiger partial charge in [0.15, 0.2) is 0 Å². The van der Waals surface area contributed by atoms with Crippen LogP contribution in [0.1, 0.15) is 32.3 Å². The molecule has 0 aromatic heterocycles. The maximum absolute atomic E-state index is 6.02. The molecule has 0 spiro atoms. The van der Waals surface area contributed by atoms with E-state index in [9.17, 15) is 0 Å². The van der Waals surface area contributed by atoms with Gasteiger partial charge in [-0.15, -0.1) is 12.4 Å². The number of rotatable bonds is 6. The molecule has 1 unspecified atom stereocenters. The Labute approximate surface area is 128 Å². The average molecular weight is 305 g/mol. The van der Waals surface area contributed by atoms with Crippen molar-refractivity contribution in [3.8, 4) is 0 Å². The molecule has 1 aromatic rings. The van der Waals surface area contributed by atoms with E-state index in [0.29, 0.717) is 12.5 Å². The molecule has 1 rings (SSSR count). The van der Waals surface area contributed by atoms with E-state index < -0.39 is 0 Å². The molecule has 110 valence electrons. The van der Waals surface area contributed by atoms with Crippen molar-refractivity contribution in [2.24, 2.45) is 11.1 Å². The smallest absolute Gasteiger partial charge is 0.0408 e. The van der Waals surface area contributed by atoms with Crippen LogP contribution in [0.4, 0.5) is 0 Å². The van der Waals surface area contributed by atoms with Gasteiger partial charge in [0, 0.05) is 18.1 Å². The summed E-state index contributed by atoms with van der Waals surface area (Å²) in [4.78, 5) is 2.35. The fraction of sp³-hybridized carbons (Fsp3) is 0.600. The molecule has 1 atom stereocenters. The molecule has 0 aliphatic rings. The van der Waals surface area contributed by atoms with Crippen LogP contribution in [0, 0.1) is 5.41 Å². The number of halogens is 2. The molecule has 0 saturated heterocycles. The third kappa shape index (κ3) is 6.62. The van der Waals surface area contributed by atoms with Crippen LogP contribution in [0.5, 0.6) is 0 Å². The Bertz CT molecular complexity index is 380. The second-order valence-corrected chi connectivity index (χ2v) is 6.46. The van der Waals surface area contributed by atoms with Crippen molar-refractivity contribution in [2.45, 2.75) is 26.7 Å². The molecule has 0 aliphatic carbocycles. The molecule has 1 aromatic carbocycles. The van der Waals surface area contributed by atoms with Gasteiger partial charge in [0.25, 0.3) is 0 Å². The Kier molecular flexibility index (Phi) is 7.99. The van der Waals surface area contributed by atoms with Crippen molar-refractivity contribution in [1.82, 2.24) is 4.90 Å². The minimum atomic E-state index is 0. The second kappa shape index (κ2) is 8.11. The summed E-state index contributed by atoms with van der Waals surface area (Å²) in [6.07, 6.45) is 0. The highest BCUT2D eigenvalue weighted by molar-refractivity contribution is 6.30. The van der Waals surface area contributed by atoms with Gasteiger partial charge < -0.3 is 10.6 Å². The number of hydrogen-bond donors (Lipinski definition) is 1. The molecule has 4 heteroatoms. The van der Waals surface area contributed by atoms with E-state index in [0.717, 1.165) is 18.1 Å². The highest BCUT2D eigenvalue weighted by Crippen LogP contribution is 2.21. The molecule has 0 saturated carbocycles. The van der Waals surface area contributed by atoms with Gasteiger partial charge in [-0.2, -0.15) is 0 Å². The van der Waals surface area contributed by atoms with Gasteiger partial charge in [-0.3, -0.25) is 0 Å². The summed E-state index contributed by atoms with van der Waals surface area (Å²) in [6.45, 7) is 9.37. The SMILES string of the molecule is CC(CN(C)CC(C)(C)CN)c1cccc(Cl)c1.Cl. The summed E-state index contributed by atoms with van der Waals surface area (Å²) in [7, 11) is 2.15. The number of likely N-dealkylation sites (N-methyl/N-ethyl adjacent to an activating group) is 1. The minimum Gasteiger partial charge on any atom is -0.330 e. The predicted molar refractivity (Wildman–Crippen MR) is 87.4 cm³/mol. The van der Waals surface area contributed by atoms with Gasteiger partial charge in [-0.1, -0.05) is 44.5 Å². The van der Waals surface area contributed by atoms with E-state index in [1.165, 1.54) is 5.56 Å². The Balaban J connectivity index is 0.00000324. The summed E-state index contributed by atoms with van der Waals surface area (Å²) in [6, 6.07) is 8.11. The molecule has 2 nitrogen and oxygen atoms in total. The number of benzene rings is 1. The maximum Gasteiger partial charge on any atom is 0.0408 e. The van der Waals surface area contributed by atoms with Gasteiger partial charge in [-0.25, -0.2) is 0 Å². The Hall–Kier alpha value is -0.280. The van der Waals surface area contributed by atoms with Gasteiger partial charge >= 0.3 is 0 Å². The van der Waals surface area contributed by atoms with Crippen LogP contribution >= 0.6 is 24.0 Å². The van der Waals surface area contributed by atoms with Crippen LogP contribution in [0.15, 0.2) is 24.3 Å². The molecule has 0 aliphatic heterocycles. The lowest BCUT2D eigenvalue weighted by molar-refractivity contribution is 0.209. The maximum atomic E-state index is 6.02. The molecule has 2 N–H and O–H groups in total. The van der Waals surface area contributed by atoms with Crippen molar-refractivity contribution in [3.63, 3.8) is 0 Å². The zero-order valence-electron chi connectivity index (χ0n) is 12.3. The zero-order chi connectivity index (χ0) is 13.8. The Morgan fingerprint density at radius 3 is 2.53 bits per heavy atom. The largest absolute Gasteiger partial charge is 0.330 e. The molecule has 0 radical (unpaired) electrons. The molecular formula is C15H26Cl2N2. The van der Waals surface area contributed by atoms with Crippen molar-refractivity contribution >= 4 is 24.0 Å². The van der Waals surface area contributed by atoms with E-state index in [4.69, 9.17) is 17.3 Å². The first kappa shape index (κ1) is 18.7. The summed E-state index contributed by atoms with van der Waals surface area (Å²) >= 11 is 6.02. The fourth-order valence-electron chi connectivity index (χ4n) is 2.25. The minimum absolute atomic E-state index is 0. The quantitative estimate of drug-likeness (QED) is 0.866. The van der Waals surface area contributed by atoms with Crippen molar-refractivity contribution in [2.75, 3.05) is 26.7 Å².